The SMILES string of the molecule is CCCCN(C)C(=O)c1cc(C)nc(Nc2ccc(C)cc2C)n1. The summed E-state index contributed by atoms with van der Waals surface area (Å²) in [5, 5.41) is 3.22. The van der Waals surface area contributed by atoms with Crippen molar-refractivity contribution in [2.45, 2.75) is 40.5 Å². The molecule has 0 saturated heterocycles. The molecule has 0 unspecified atom stereocenters. The summed E-state index contributed by atoms with van der Waals surface area (Å²) in [6.07, 6.45) is 2.04. The minimum atomic E-state index is -0.0716. The van der Waals surface area contributed by atoms with Crippen molar-refractivity contribution in [1.29, 1.82) is 0 Å². The summed E-state index contributed by atoms with van der Waals surface area (Å²) in [6, 6.07) is 7.88. The van der Waals surface area contributed by atoms with Crippen LogP contribution in [-0.2, 0) is 0 Å². The van der Waals surface area contributed by atoms with Crippen LogP contribution in [0, 0.1) is 20.8 Å². The summed E-state index contributed by atoms with van der Waals surface area (Å²) in [5.41, 5.74) is 4.46. The first kappa shape index (κ1) is 17.9. The van der Waals surface area contributed by atoms with Gasteiger partial charge in [0.05, 0.1) is 0 Å². The van der Waals surface area contributed by atoms with Crippen LogP contribution in [0.1, 0.15) is 47.1 Å². The quantitative estimate of drug-likeness (QED) is 0.871. The van der Waals surface area contributed by atoms with E-state index in [1.165, 1.54) is 5.56 Å². The van der Waals surface area contributed by atoms with E-state index in [2.05, 4.69) is 35.2 Å². The Bertz CT molecular complexity index is 727. The monoisotopic (exact) mass is 326 g/mol. The van der Waals surface area contributed by atoms with Gasteiger partial charge in [-0.15, -0.1) is 0 Å². The zero-order valence-corrected chi connectivity index (χ0v) is 15.2. The smallest absolute Gasteiger partial charge is 0.272 e. The van der Waals surface area contributed by atoms with Gasteiger partial charge in [0.2, 0.25) is 5.95 Å². The van der Waals surface area contributed by atoms with Crippen molar-refractivity contribution < 1.29 is 4.79 Å². The van der Waals surface area contributed by atoms with Gasteiger partial charge in [-0.2, -0.15) is 0 Å². The van der Waals surface area contributed by atoms with Crippen LogP contribution in [0.5, 0.6) is 0 Å². The first-order valence-electron chi connectivity index (χ1n) is 8.36. The molecule has 128 valence electrons. The van der Waals surface area contributed by atoms with Gasteiger partial charge in [0, 0.05) is 25.0 Å². The maximum Gasteiger partial charge on any atom is 0.272 e. The van der Waals surface area contributed by atoms with Gasteiger partial charge in [-0.3, -0.25) is 4.79 Å². The second-order valence-electron chi connectivity index (χ2n) is 6.24. The summed E-state index contributed by atoms with van der Waals surface area (Å²) in [7, 11) is 1.81. The van der Waals surface area contributed by atoms with Crippen molar-refractivity contribution in [3.63, 3.8) is 0 Å². The number of hydrogen-bond donors (Lipinski definition) is 1. The Labute approximate surface area is 144 Å². The topological polar surface area (TPSA) is 58.1 Å². The third-order valence-corrected chi connectivity index (χ3v) is 3.90. The molecule has 2 rings (SSSR count). The number of nitrogens with one attached hydrogen (secondary N) is 1. The lowest BCUT2D eigenvalue weighted by Gasteiger charge is -2.17. The maximum absolute atomic E-state index is 12.5. The van der Waals surface area contributed by atoms with E-state index in [0.29, 0.717) is 11.6 Å². The highest BCUT2D eigenvalue weighted by Crippen LogP contribution is 2.20. The fourth-order valence-electron chi connectivity index (χ4n) is 2.50. The van der Waals surface area contributed by atoms with Crippen LogP contribution < -0.4 is 5.32 Å². The second-order valence-corrected chi connectivity index (χ2v) is 6.24. The van der Waals surface area contributed by atoms with Crippen LogP contribution in [0.2, 0.25) is 0 Å². The summed E-state index contributed by atoms with van der Waals surface area (Å²) in [4.78, 5) is 23.1. The number of carbonyl (C=O) groups is 1. The molecular weight excluding hydrogens is 300 g/mol. The largest absolute Gasteiger partial charge is 0.340 e. The number of unbranched alkanes of at least 4 members (excludes halogenated alkanes) is 1. The number of hydrogen-bond acceptors (Lipinski definition) is 4. The number of aromatic nitrogens is 2. The standard InChI is InChI=1S/C19H26N4O/c1-6-7-10-23(5)18(24)17-12-15(4)20-19(22-17)21-16-9-8-13(2)11-14(16)3/h8-9,11-12H,6-7,10H2,1-5H3,(H,20,21,22). The van der Waals surface area contributed by atoms with E-state index in [4.69, 9.17) is 0 Å². The van der Waals surface area contributed by atoms with Gasteiger partial charge in [0.1, 0.15) is 5.69 Å². The predicted octanol–water partition coefficient (Wildman–Crippen LogP) is 4.02. The molecule has 0 aliphatic heterocycles. The van der Waals surface area contributed by atoms with Crippen LogP contribution in [0.15, 0.2) is 24.3 Å². The maximum atomic E-state index is 12.5. The van der Waals surface area contributed by atoms with Gasteiger partial charge in [-0.25, -0.2) is 9.97 Å². The second kappa shape index (κ2) is 7.90. The van der Waals surface area contributed by atoms with Crippen molar-refractivity contribution in [1.82, 2.24) is 14.9 Å². The zero-order valence-electron chi connectivity index (χ0n) is 15.2. The van der Waals surface area contributed by atoms with E-state index < -0.39 is 0 Å². The van der Waals surface area contributed by atoms with E-state index in [-0.39, 0.29) is 5.91 Å². The van der Waals surface area contributed by atoms with Crippen molar-refractivity contribution in [2.24, 2.45) is 0 Å². The van der Waals surface area contributed by atoms with E-state index in [1.807, 2.05) is 33.0 Å². The molecule has 1 heterocycles. The van der Waals surface area contributed by atoms with Crippen LogP contribution in [0.4, 0.5) is 11.6 Å². The summed E-state index contributed by atoms with van der Waals surface area (Å²) < 4.78 is 0. The van der Waals surface area contributed by atoms with E-state index in [1.54, 1.807) is 11.0 Å². The molecule has 2 aromatic rings. The van der Waals surface area contributed by atoms with Crippen molar-refractivity contribution >= 4 is 17.5 Å². The van der Waals surface area contributed by atoms with Gasteiger partial charge in [0.15, 0.2) is 0 Å². The molecule has 0 spiro atoms. The molecule has 0 fully saturated rings. The van der Waals surface area contributed by atoms with Crippen LogP contribution in [0.3, 0.4) is 0 Å². The average Bonchev–Trinajstić information content (AvgIpc) is 2.54. The normalized spacial score (nSPS) is 10.5. The number of anilines is 2. The molecule has 1 aromatic carbocycles. The Morgan fingerprint density at radius 2 is 1.92 bits per heavy atom. The van der Waals surface area contributed by atoms with Gasteiger partial charge in [-0.1, -0.05) is 31.0 Å². The lowest BCUT2D eigenvalue weighted by Crippen LogP contribution is -2.28. The number of carbonyl (C=O) groups excluding carboxylic acids is 1. The first-order valence-corrected chi connectivity index (χ1v) is 8.36. The minimum Gasteiger partial charge on any atom is -0.340 e. The summed E-state index contributed by atoms with van der Waals surface area (Å²) >= 11 is 0. The van der Waals surface area contributed by atoms with Crippen LogP contribution >= 0.6 is 0 Å². The van der Waals surface area contributed by atoms with Gasteiger partial charge < -0.3 is 10.2 Å². The molecule has 0 radical (unpaired) electrons. The van der Waals surface area contributed by atoms with E-state index in [9.17, 15) is 4.79 Å². The Morgan fingerprint density at radius 1 is 1.17 bits per heavy atom. The number of benzene rings is 1. The molecule has 5 nitrogen and oxygen atoms in total. The lowest BCUT2D eigenvalue weighted by atomic mass is 10.1. The molecule has 0 aliphatic rings. The number of amides is 1. The number of nitrogens with zero attached hydrogens (tertiary/aromatic N) is 3. The molecule has 5 heteroatoms. The lowest BCUT2D eigenvalue weighted by molar-refractivity contribution is 0.0787. The van der Waals surface area contributed by atoms with Gasteiger partial charge in [-0.05, 0) is 44.9 Å². The van der Waals surface area contributed by atoms with Crippen molar-refractivity contribution in [2.75, 3.05) is 18.9 Å². The Hall–Kier alpha value is -2.43. The van der Waals surface area contributed by atoms with E-state index in [0.717, 1.165) is 36.3 Å². The molecule has 1 N–H and O–H groups in total. The van der Waals surface area contributed by atoms with Crippen molar-refractivity contribution in [3.8, 4) is 0 Å². The number of aryl methyl sites for hydroxylation is 3. The molecule has 1 aromatic heterocycles. The first-order chi connectivity index (χ1) is 11.4. The van der Waals surface area contributed by atoms with Crippen molar-refractivity contribution in [3.05, 3.63) is 46.8 Å². The highest BCUT2D eigenvalue weighted by Gasteiger charge is 2.15. The number of rotatable bonds is 6. The fraction of sp³-hybridized carbons (Fsp3) is 0.421. The van der Waals surface area contributed by atoms with Crippen LogP contribution in [-0.4, -0.2) is 34.4 Å². The fourth-order valence-corrected chi connectivity index (χ4v) is 2.50. The average molecular weight is 326 g/mol. The van der Waals surface area contributed by atoms with Gasteiger partial charge in [0.25, 0.3) is 5.91 Å². The third-order valence-electron chi connectivity index (χ3n) is 3.90. The molecule has 0 bridgehead atoms. The highest BCUT2D eigenvalue weighted by molar-refractivity contribution is 5.92. The molecule has 0 saturated carbocycles. The van der Waals surface area contributed by atoms with E-state index >= 15 is 0 Å². The third kappa shape index (κ3) is 4.54. The Kier molecular flexibility index (Phi) is 5.90. The molecule has 0 aliphatic carbocycles. The minimum absolute atomic E-state index is 0.0716. The summed E-state index contributed by atoms with van der Waals surface area (Å²) in [5.74, 6) is 0.381. The van der Waals surface area contributed by atoms with Crippen LogP contribution in [0.25, 0.3) is 0 Å². The van der Waals surface area contributed by atoms with Gasteiger partial charge >= 0.3 is 0 Å². The Balaban J connectivity index is 2.23. The molecule has 24 heavy (non-hydrogen) atoms. The zero-order chi connectivity index (χ0) is 17.7. The summed E-state index contributed by atoms with van der Waals surface area (Å²) in [6.45, 7) is 8.81. The molecular formula is C19H26N4O. The molecule has 0 atom stereocenters. The Morgan fingerprint density at radius 3 is 2.58 bits per heavy atom. The highest BCUT2D eigenvalue weighted by atomic mass is 16.2. The predicted molar refractivity (Wildman–Crippen MR) is 97.8 cm³/mol. The molecule has 1 amide bonds.